The van der Waals surface area contributed by atoms with Crippen molar-refractivity contribution < 1.29 is 18.9 Å². The summed E-state index contributed by atoms with van der Waals surface area (Å²) >= 11 is 0. The summed E-state index contributed by atoms with van der Waals surface area (Å²) in [4.78, 5) is 0. The van der Waals surface area contributed by atoms with Crippen LogP contribution in [0, 0.1) is 0 Å². The maximum Gasteiger partial charge on any atom is 0.135 e. The molecule has 0 amide bonds. The average Bonchev–Trinajstić information content (AvgIpc) is 2.52. The van der Waals surface area contributed by atoms with E-state index in [2.05, 4.69) is 5.10 Å². The molecule has 1 saturated heterocycles. The smallest absolute Gasteiger partial charge is 0.135 e. The molecule has 1 aliphatic rings. The molecule has 0 unspecified atom stereocenters. The molecule has 1 aromatic carbocycles. The van der Waals surface area contributed by atoms with E-state index in [-0.39, 0.29) is 0 Å². The second-order valence-corrected chi connectivity index (χ2v) is 4.26. The SMILES string of the molecule is COc1cc(OC)c(C=NN2CCOCC2)c(OC)c1. The molecule has 2 rings (SSSR count). The van der Waals surface area contributed by atoms with Crippen LogP contribution in [0.1, 0.15) is 5.56 Å². The first-order chi connectivity index (χ1) is 9.78. The average molecular weight is 280 g/mol. The standard InChI is InChI=1S/C14H20N2O4/c1-17-11-8-13(18-2)12(14(9-11)19-3)10-15-16-4-6-20-7-5-16/h8-10H,4-7H2,1-3H3. The van der Waals surface area contributed by atoms with Crippen molar-refractivity contribution in [3.63, 3.8) is 0 Å². The zero-order chi connectivity index (χ0) is 14.4. The summed E-state index contributed by atoms with van der Waals surface area (Å²) < 4.78 is 21.3. The summed E-state index contributed by atoms with van der Waals surface area (Å²) in [5.74, 6) is 2.01. The van der Waals surface area contributed by atoms with E-state index in [1.807, 2.05) is 17.1 Å². The maximum absolute atomic E-state index is 5.38. The summed E-state index contributed by atoms with van der Waals surface area (Å²) in [5, 5.41) is 6.42. The highest BCUT2D eigenvalue weighted by Crippen LogP contribution is 2.32. The van der Waals surface area contributed by atoms with Gasteiger partial charge in [0, 0.05) is 12.1 Å². The first kappa shape index (κ1) is 14.5. The van der Waals surface area contributed by atoms with Crippen molar-refractivity contribution in [3.8, 4) is 17.2 Å². The fraction of sp³-hybridized carbons (Fsp3) is 0.500. The second-order valence-electron chi connectivity index (χ2n) is 4.26. The summed E-state index contributed by atoms with van der Waals surface area (Å²) in [6.07, 6.45) is 1.75. The Kier molecular flexibility index (Phi) is 5.06. The van der Waals surface area contributed by atoms with E-state index in [4.69, 9.17) is 18.9 Å². The lowest BCUT2D eigenvalue weighted by atomic mass is 10.2. The van der Waals surface area contributed by atoms with Crippen LogP contribution in [-0.2, 0) is 4.74 Å². The topological polar surface area (TPSA) is 52.5 Å². The van der Waals surface area contributed by atoms with Crippen molar-refractivity contribution in [2.75, 3.05) is 47.6 Å². The van der Waals surface area contributed by atoms with Crippen molar-refractivity contribution in [2.45, 2.75) is 0 Å². The highest BCUT2D eigenvalue weighted by molar-refractivity contribution is 5.88. The molecule has 1 fully saturated rings. The van der Waals surface area contributed by atoms with Crippen LogP contribution in [-0.4, -0.2) is 58.9 Å². The molecule has 6 nitrogen and oxygen atoms in total. The van der Waals surface area contributed by atoms with Crippen LogP contribution in [0.4, 0.5) is 0 Å². The van der Waals surface area contributed by atoms with Gasteiger partial charge in [0.2, 0.25) is 0 Å². The van der Waals surface area contributed by atoms with E-state index >= 15 is 0 Å². The third kappa shape index (κ3) is 3.33. The third-order valence-corrected chi connectivity index (χ3v) is 3.09. The fourth-order valence-corrected chi connectivity index (χ4v) is 1.97. The predicted molar refractivity (Wildman–Crippen MR) is 76.1 cm³/mol. The lowest BCUT2D eigenvalue weighted by Crippen LogP contribution is -2.32. The number of hydrogen-bond acceptors (Lipinski definition) is 6. The monoisotopic (exact) mass is 280 g/mol. The van der Waals surface area contributed by atoms with Gasteiger partial charge in [-0.3, -0.25) is 5.01 Å². The van der Waals surface area contributed by atoms with Crippen LogP contribution < -0.4 is 14.2 Å². The normalized spacial score (nSPS) is 15.4. The largest absolute Gasteiger partial charge is 0.496 e. The second kappa shape index (κ2) is 7.00. The Bertz CT molecular complexity index is 445. The van der Waals surface area contributed by atoms with Gasteiger partial charge in [0.25, 0.3) is 0 Å². The minimum atomic E-state index is 0.665. The molecule has 0 bridgehead atoms. The van der Waals surface area contributed by atoms with Gasteiger partial charge in [-0.1, -0.05) is 0 Å². The summed E-state index contributed by atoms with van der Waals surface area (Å²) in [7, 11) is 4.83. The number of rotatable bonds is 5. The van der Waals surface area contributed by atoms with Crippen LogP contribution in [0.25, 0.3) is 0 Å². The molecular weight excluding hydrogens is 260 g/mol. The minimum absolute atomic E-state index is 0.665. The molecule has 0 aromatic heterocycles. The van der Waals surface area contributed by atoms with Gasteiger partial charge < -0.3 is 18.9 Å². The Morgan fingerprint density at radius 3 is 2.15 bits per heavy atom. The third-order valence-electron chi connectivity index (χ3n) is 3.09. The Labute approximate surface area is 118 Å². The number of nitrogens with zero attached hydrogens (tertiary/aromatic N) is 2. The van der Waals surface area contributed by atoms with Gasteiger partial charge in [-0.05, 0) is 0 Å². The van der Waals surface area contributed by atoms with Crippen molar-refractivity contribution in [1.29, 1.82) is 0 Å². The van der Waals surface area contributed by atoms with E-state index in [1.165, 1.54) is 0 Å². The molecule has 20 heavy (non-hydrogen) atoms. The van der Waals surface area contributed by atoms with Gasteiger partial charge in [0.05, 0.1) is 59.4 Å². The molecule has 110 valence electrons. The van der Waals surface area contributed by atoms with Gasteiger partial charge in [0.1, 0.15) is 17.2 Å². The molecule has 0 aliphatic carbocycles. The fourth-order valence-electron chi connectivity index (χ4n) is 1.97. The summed E-state index contributed by atoms with van der Waals surface area (Å²) in [5.41, 5.74) is 0.794. The highest BCUT2D eigenvalue weighted by Gasteiger charge is 2.13. The molecule has 0 saturated carbocycles. The Hall–Kier alpha value is -1.95. The van der Waals surface area contributed by atoms with E-state index < -0.39 is 0 Å². The zero-order valence-corrected chi connectivity index (χ0v) is 12.1. The molecule has 1 heterocycles. The number of benzene rings is 1. The van der Waals surface area contributed by atoms with Gasteiger partial charge in [-0.15, -0.1) is 0 Å². The van der Waals surface area contributed by atoms with Crippen molar-refractivity contribution in [3.05, 3.63) is 17.7 Å². The number of hydrazone groups is 1. The van der Waals surface area contributed by atoms with Crippen LogP contribution >= 0.6 is 0 Å². The highest BCUT2D eigenvalue weighted by atomic mass is 16.5. The Morgan fingerprint density at radius 1 is 1.05 bits per heavy atom. The van der Waals surface area contributed by atoms with E-state index in [1.54, 1.807) is 27.5 Å². The minimum Gasteiger partial charge on any atom is -0.496 e. The molecule has 0 radical (unpaired) electrons. The first-order valence-electron chi connectivity index (χ1n) is 6.45. The molecule has 0 atom stereocenters. The molecule has 0 N–H and O–H groups in total. The van der Waals surface area contributed by atoms with E-state index in [0.29, 0.717) is 30.5 Å². The number of hydrogen-bond donors (Lipinski definition) is 0. The van der Waals surface area contributed by atoms with Crippen LogP contribution in [0.15, 0.2) is 17.2 Å². The number of morpholine rings is 1. The predicted octanol–water partition coefficient (Wildman–Crippen LogP) is 1.38. The maximum atomic E-state index is 5.38. The van der Waals surface area contributed by atoms with Gasteiger partial charge in [-0.25, -0.2) is 0 Å². The van der Waals surface area contributed by atoms with Gasteiger partial charge >= 0.3 is 0 Å². The van der Waals surface area contributed by atoms with Crippen LogP contribution in [0.3, 0.4) is 0 Å². The number of ether oxygens (including phenoxy) is 4. The number of methoxy groups -OCH3 is 3. The van der Waals surface area contributed by atoms with Crippen LogP contribution in [0.2, 0.25) is 0 Å². The van der Waals surface area contributed by atoms with Crippen molar-refractivity contribution in [2.24, 2.45) is 5.10 Å². The van der Waals surface area contributed by atoms with Crippen molar-refractivity contribution >= 4 is 6.21 Å². The molecular formula is C14H20N2O4. The first-order valence-corrected chi connectivity index (χ1v) is 6.45. The van der Waals surface area contributed by atoms with Crippen LogP contribution in [0.5, 0.6) is 17.2 Å². The molecule has 1 aromatic rings. The molecule has 0 spiro atoms. The molecule has 6 heteroatoms. The Balaban J connectivity index is 2.26. The summed E-state index contributed by atoms with van der Waals surface area (Å²) in [6, 6.07) is 3.62. The van der Waals surface area contributed by atoms with Gasteiger partial charge in [0.15, 0.2) is 0 Å². The Morgan fingerprint density at radius 2 is 1.65 bits per heavy atom. The lowest BCUT2D eigenvalue weighted by Gasteiger charge is -2.23. The molecule has 1 aliphatic heterocycles. The quantitative estimate of drug-likeness (QED) is 0.763. The zero-order valence-electron chi connectivity index (χ0n) is 12.1. The van der Waals surface area contributed by atoms with Crippen molar-refractivity contribution in [1.82, 2.24) is 5.01 Å². The summed E-state index contributed by atoms with van der Waals surface area (Å²) in [6.45, 7) is 2.98. The van der Waals surface area contributed by atoms with E-state index in [0.717, 1.165) is 18.7 Å². The van der Waals surface area contributed by atoms with E-state index in [9.17, 15) is 0 Å². The lowest BCUT2D eigenvalue weighted by molar-refractivity contribution is 0.0396. The van der Waals surface area contributed by atoms with Gasteiger partial charge in [-0.2, -0.15) is 5.10 Å².